The van der Waals surface area contributed by atoms with Crippen molar-refractivity contribution in [2.24, 2.45) is 0 Å². The van der Waals surface area contributed by atoms with Crippen molar-refractivity contribution >= 4 is 28.8 Å². The van der Waals surface area contributed by atoms with Crippen LogP contribution in [0.4, 0.5) is 4.79 Å². The van der Waals surface area contributed by atoms with Crippen LogP contribution in [-0.4, -0.2) is 35.5 Å². The van der Waals surface area contributed by atoms with Gasteiger partial charge in [0.1, 0.15) is 0 Å². The summed E-state index contributed by atoms with van der Waals surface area (Å²) in [5, 5.41) is 4.94. The van der Waals surface area contributed by atoms with E-state index >= 15 is 0 Å². The van der Waals surface area contributed by atoms with Gasteiger partial charge in [0.15, 0.2) is 6.10 Å². The quantitative estimate of drug-likeness (QED) is 0.720. The molecule has 3 N–H and O–H groups in total. The number of esters is 1. The zero-order valence-electron chi connectivity index (χ0n) is 13.2. The molecule has 0 saturated carbocycles. The number of aromatic nitrogens is 1. The van der Waals surface area contributed by atoms with Gasteiger partial charge in [-0.2, -0.15) is 0 Å². The number of carbonyl (C=O) groups is 3. The van der Waals surface area contributed by atoms with Gasteiger partial charge in [-0.1, -0.05) is 18.2 Å². The van der Waals surface area contributed by atoms with Gasteiger partial charge in [0.25, 0.3) is 5.91 Å². The van der Waals surface area contributed by atoms with Gasteiger partial charge in [-0.15, -0.1) is 0 Å². The van der Waals surface area contributed by atoms with Crippen molar-refractivity contribution in [3.8, 4) is 0 Å². The number of nitrogens with one attached hydrogen (secondary N) is 3. The molecule has 24 heavy (non-hydrogen) atoms. The standard InChI is InChI=1S/C16H17N3O5/c1-3-17-16(23)19-14(21)9(2)24-15(22)11-8-13(20)18-12-7-5-4-6-10(11)12/h4-9H,3H2,1-2H3,(H,18,20)(H2,17,19,21,23). The molecule has 1 aromatic carbocycles. The summed E-state index contributed by atoms with van der Waals surface area (Å²) in [4.78, 5) is 49.7. The number of fused-ring (bicyclic) bond motifs is 1. The Balaban J connectivity index is 2.17. The van der Waals surface area contributed by atoms with Crippen molar-refractivity contribution in [2.75, 3.05) is 6.54 Å². The number of amides is 3. The highest BCUT2D eigenvalue weighted by molar-refractivity contribution is 6.04. The minimum absolute atomic E-state index is 0.0482. The molecular formula is C16H17N3O5. The molecule has 1 heterocycles. The average Bonchev–Trinajstić information content (AvgIpc) is 2.53. The Hall–Kier alpha value is -3.16. The molecule has 0 bridgehead atoms. The van der Waals surface area contributed by atoms with E-state index in [0.717, 1.165) is 6.07 Å². The highest BCUT2D eigenvalue weighted by atomic mass is 16.5. The number of pyridine rings is 1. The maximum Gasteiger partial charge on any atom is 0.339 e. The van der Waals surface area contributed by atoms with Crippen LogP contribution in [0.3, 0.4) is 0 Å². The van der Waals surface area contributed by atoms with Crippen LogP contribution in [0.15, 0.2) is 35.1 Å². The molecule has 0 fully saturated rings. The number of para-hydroxylation sites is 1. The zero-order valence-corrected chi connectivity index (χ0v) is 13.2. The van der Waals surface area contributed by atoms with E-state index in [9.17, 15) is 19.2 Å². The number of benzene rings is 1. The Morgan fingerprint density at radius 2 is 1.96 bits per heavy atom. The fourth-order valence-electron chi connectivity index (χ4n) is 2.07. The van der Waals surface area contributed by atoms with E-state index in [2.05, 4.69) is 15.6 Å². The van der Waals surface area contributed by atoms with E-state index in [1.54, 1.807) is 31.2 Å². The summed E-state index contributed by atoms with van der Waals surface area (Å²) in [7, 11) is 0. The van der Waals surface area contributed by atoms with Crippen molar-refractivity contribution in [3.05, 3.63) is 46.2 Å². The largest absolute Gasteiger partial charge is 0.449 e. The molecule has 3 amide bonds. The fraction of sp³-hybridized carbons (Fsp3) is 0.250. The molecule has 2 rings (SSSR count). The van der Waals surface area contributed by atoms with Gasteiger partial charge in [0, 0.05) is 23.5 Å². The first kappa shape index (κ1) is 17.2. The number of hydrogen-bond donors (Lipinski definition) is 3. The van der Waals surface area contributed by atoms with Crippen molar-refractivity contribution in [1.82, 2.24) is 15.6 Å². The minimum atomic E-state index is -1.20. The first-order chi connectivity index (χ1) is 11.4. The predicted octanol–water partition coefficient (Wildman–Crippen LogP) is 0.919. The highest BCUT2D eigenvalue weighted by Crippen LogP contribution is 2.16. The van der Waals surface area contributed by atoms with Gasteiger partial charge in [0.2, 0.25) is 5.56 Å². The number of imide groups is 1. The Labute approximate surface area is 137 Å². The molecule has 1 atom stereocenters. The van der Waals surface area contributed by atoms with E-state index in [4.69, 9.17) is 4.74 Å². The summed E-state index contributed by atoms with van der Waals surface area (Å²) in [6, 6.07) is 7.17. The third-order valence-electron chi connectivity index (χ3n) is 3.20. The second kappa shape index (κ2) is 7.40. The summed E-state index contributed by atoms with van der Waals surface area (Å²) in [6.45, 7) is 3.39. The number of hydrogen-bond acceptors (Lipinski definition) is 5. The van der Waals surface area contributed by atoms with E-state index < -0.39 is 29.6 Å². The van der Waals surface area contributed by atoms with Crippen LogP contribution in [0.5, 0.6) is 0 Å². The van der Waals surface area contributed by atoms with Crippen LogP contribution >= 0.6 is 0 Å². The number of ether oxygens (including phenoxy) is 1. The SMILES string of the molecule is CCNC(=O)NC(=O)C(C)OC(=O)c1cc(=O)[nH]c2ccccc12. The Bertz CT molecular complexity index is 843. The van der Waals surface area contributed by atoms with Crippen LogP contribution in [-0.2, 0) is 9.53 Å². The molecule has 2 aromatic rings. The zero-order chi connectivity index (χ0) is 17.7. The smallest absolute Gasteiger partial charge is 0.339 e. The highest BCUT2D eigenvalue weighted by Gasteiger charge is 2.22. The van der Waals surface area contributed by atoms with Crippen LogP contribution in [0.2, 0.25) is 0 Å². The van der Waals surface area contributed by atoms with Gasteiger partial charge >= 0.3 is 12.0 Å². The summed E-state index contributed by atoms with van der Waals surface area (Å²) < 4.78 is 5.06. The molecule has 0 spiro atoms. The molecule has 1 aromatic heterocycles. The Morgan fingerprint density at radius 1 is 1.25 bits per heavy atom. The topological polar surface area (TPSA) is 117 Å². The number of rotatable bonds is 4. The number of urea groups is 1. The van der Waals surface area contributed by atoms with Crippen molar-refractivity contribution < 1.29 is 19.1 Å². The van der Waals surface area contributed by atoms with Gasteiger partial charge in [-0.25, -0.2) is 9.59 Å². The van der Waals surface area contributed by atoms with Crippen molar-refractivity contribution in [3.63, 3.8) is 0 Å². The summed E-state index contributed by atoms with van der Waals surface area (Å²) in [6.07, 6.45) is -1.20. The molecular weight excluding hydrogens is 314 g/mol. The Kier molecular flexibility index (Phi) is 5.31. The van der Waals surface area contributed by atoms with E-state index in [0.29, 0.717) is 17.4 Å². The number of H-pyrrole nitrogens is 1. The van der Waals surface area contributed by atoms with Gasteiger partial charge in [-0.3, -0.25) is 14.9 Å². The van der Waals surface area contributed by atoms with Crippen LogP contribution in [0.25, 0.3) is 10.9 Å². The van der Waals surface area contributed by atoms with Crippen LogP contribution in [0, 0.1) is 0 Å². The lowest BCUT2D eigenvalue weighted by Gasteiger charge is -2.13. The number of aromatic amines is 1. The normalized spacial score (nSPS) is 11.6. The summed E-state index contributed by atoms with van der Waals surface area (Å²) >= 11 is 0. The first-order valence-electron chi connectivity index (χ1n) is 7.34. The Morgan fingerprint density at radius 3 is 2.67 bits per heavy atom. The van der Waals surface area contributed by atoms with Gasteiger partial charge in [-0.05, 0) is 19.9 Å². The minimum Gasteiger partial charge on any atom is -0.449 e. The lowest BCUT2D eigenvalue weighted by atomic mass is 10.1. The predicted molar refractivity (Wildman–Crippen MR) is 86.7 cm³/mol. The molecule has 126 valence electrons. The van der Waals surface area contributed by atoms with Crippen molar-refractivity contribution in [2.45, 2.75) is 20.0 Å². The second-order valence-electron chi connectivity index (χ2n) is 4.99. The third-order valence-corrected chi connectivity index (χ3v) is 3.20. The lowest BCUT2D eigenvalue weighted by Crippen LogP contribution is -2.44. The van der Waals surface area contributed by atoms with E-state index in [-0.39, 0.29) is 5.56 Å². The monoisotopic (exact) mass is 331 g/mol. The second-order valence-corrected chi connectivity index (χ2v) is 4.99. The molecule has 0 aliphatic heterocycles. The van der Waals surface area contributed by atoms with E-state index in [1.165, 1.54) is 6.92 Å². The molecule has 1 unspecified atom stereocenters. The lowest BCUT2D eigenvalue weighted by molar-refractivity contribution is -0.127. The molecule has 0 radical (unpaired) electrons. The number of carbonyl (C=O) groups excluding carboxylic acids is 3. The molecule has 0 saturated heterocycles. The molecule has 0 aliphatic carbocycles. The van der Waals surface area contributed by atoms with Crippen LogP contribution < -0.4 is 16.2 Å². The molecule has 8 nitrogen and oxygen atoms in total. The maximum absolute atomic E-state index is 12.3. The van der Waals surface area contributed by atoms with E-state index in [1.807, 2.05) is 0 Å². The van der Waals surface area contributed by atoms with Gasteiger partial charge in [0.05, 0.1) is 5.56 Å². The maximum atomic E-state index is 12.3. The molecule has 8 heteroatoms. The average molecular weight is 331 g/mol. The first-order valence-corrected chi connectivity index (χ1v) is 7.34. The fourth-order valence-corrected chi connectivity index (χ4v) is 2.07. The van der Waals surface area contributed by atoms with Crippen LogP contribution in [0.1, 0.15) is 24.2 Å². The third kappa shape index (κ3) is 3.97. The summed E-state index contributed by atoms with van der Waals surface area (Å²) in [5.74, 6) is -1.58. The van der Waals surface area contributed by atoms with Gasteiger partial charge < -0.3 is 15.0 Å². The molecule has 0 aliphatic rings. The summed E-state index contributed by atoms with van der Waals surface area (Å²) in [5.41, 5.74) is 0.0727. The van der Waals surface area contributed by atoms with Crippen molar-refractivity contribution in [1.29, 1.82) is 0 Å².